The molecule has 1 amide bonds. The molecule has 1 aliphatic carbocycles. The number of furan rings is 1. The van der Waals surface area contributed by atoms with Crippen LogP contribution in [-0.2, 0) is 16.1 Å². The van der Waals surface area contributed by atoms with E-state index >= 15 is 0 Å². The summed E-state index contributed by atoms with van der Waals surface area (Å²) >= 11 is 0. The predicted molar refractivity (Wildman–Crippen MR) is 125 cm³/mol. The summed E-state index contributed by atoms with van der Waals surface area (Å²) < 4.78 is 14.6. The summed E-state index contributed by atoms with van der Waals surface area (Å²) in [5, 5.41) is 4.49. The molecule has 1 fully saturated rings. The molecule has 2 unspecified atom stereocenters. The average molecular weight is 453 g/mol. The van der Waals surface area contributed by atoms with E-state index in [0.29, 0.717) is 42.9 Å². The maximum absolute atomic E-state index is 13.2. The largest absolute Gasteiger partial charge is 0.463 e. The predicted octanol–water partition coefficient (Wildman–Crippen LogP) is 3.69. The molecule has 2 atom stereocenters. The van der Waals surface area contributed by atoms with Gasteiger partial charge in [-0.1, -0.05) is 12.2 Å². The van der Waals surface area contributed by atoms with Crippen LogP contribution in [-0.4, -0.2) is 50.8 Å². The lowest BCUT2D eigenvalue weighted by atomic mass is 9.93. The third-order valence-corrected chi connectivity index (χ3v) is 6.88. The fourth-order valence-corrected chi connectivity index (χ4v) is 5.16. The molecule has 176 valence electrons. The lowest BCUT2D eigenvalue weighted by molar-refractivity contribution is -0.133. The van der Waals surface area contributed by atoms with Gasteiger partial charge in [-0.2, -0.15) is 5.10 Å². The highest BCUT2D eigenvalue weighted by Crippen LogP contribution is 2.22. The molecule has 0 N–H and O–H groups in total. The maximum atomic E-state index is 13.2. The van der Waals surface area contributed by atoms with Crippen molar-refractivity contribution in [3.8, 4) is 0 Å². The van der Waals surface area contributed by atoms with Gasteiger partial charge in [-0.3, -0.25) is 14.0 Å². The second-order valence-corrected chi connectivity index (χ2v) is 9.30. The molecule has 1 saturated heterocycles. The van der Waals surface area contributed by atoms with Crippen molar-refractivity contribution >= 4 is 22.5 Å². The van der Waals surface area contributed by atoms with E-state index < -0.39 is 0 Å². The van der Waals surface area contributed by atoms with Gasteiger partial charge in [0.2, 0.25) is 5.91 Å². The lowest BCUT2D eigenvalue weighted by Gasteiger charge is -2.30. The summed E-state index contributed by atoms with van der Waals surface area (Å²) in [7, 11) is 0. The van der Waals surface area contributed by atoms with Gasteiger partial charge in [0.25, 0.3) is 5.56 Å². The first-order valence-corrected chi connectivity index (χ1v) is 12.1. The number of carbonyl (C=O) groups is 1. The monoisotopic (exact) mass is 452 g/mol. The first kappa shape index (κ1) is 21.9. The molecule has 2 aliphatic rings. The Morgan fingerprint density at radius 3 is 2.94 bits per heavy atom. The summed E-state index contributed by atoms with van der Waals surface area (Å²) in [5.41, 5.74) is 1.90. The Bertz CT molecular complexity index is 1210. The molecule has 3 aromatic heterocycles. The molecule has 0 aromatic carbocycles. The van der Waals surface area contributed by atoms with Crippen LogP contribution in [0.25, 0.3) is 16.6 Å². The van der Waals surface area contributed by atoms with Crippen molar-refractivity contribution in [3.05, 3.63) is 46.7 Å². The highest BCUT2D eigenvalue weighted by molar-refractivity contribution is 5.82. The standard InChI is InChI=1S/C25H32N4O4/c1-18-26-28(25(31)22-15-23-21(29(18)22)11-14-33-23)12-5-10-24(30)27(17-20-9-6-13-32-20)16-19-7-3-2-4-8-19/h2-3,11,14-15,19-20H,4-10,12-13,16-17H2,1H3. The van der Waals surface area contributed by atoms with Crippen LogP contribution in [0, 0.1) is 12.8 Å². The molecule has 0 bridgehead atoms. The Balaban J connectivity index is 1.25. The molecule has 0 saturated carbocycles. The van der Waals surface area contributed by atoms with Gasteiger partial charge in [0.1, 0.15) is 11.3 Å². The first-order chi connectivity index (χ1) is 16.1. The SMILES string of the molecule is Cc1nn(CCCC(=O)N(CC2CC=CCC2)CC2CCCO2)c(=O)c2cc3occc3n12. The lowest BCUT2D eigenvalue weighted by Crippen LogP contribution is -2.40. The number of amides is 1. The topological polar surface area (TPSA) is 82.0 Å². The van der Waals surface area contributed by atoms with E-state index in [-0.39, 0.29) is 17.6 Å². The minimum absolute atomic E-state index is 0.145. The number of carbonyl (C=O) groups excluding carboxylic acids is 1. The summed E-state index contributed by atoms with van der Waals surface area (Å²) in [6.45, 7) is 4.54. The van der Waals surface area contributed by atoms with Gasteiger partial charge in [0.15, 0.2) is 5.58 Å². The number of hydrogen-bond donors (Lipinski definition) is 0. The molecule has 1 aliphatic heterocycles. The van der Waals surface area contributed by atoms with Crippen LogP contribution < -0.4 is 5.56 Å². The second-order valence-electron chi connectivity index (χ2n) is 9.30. The Labute approximate surface area is 192 Å². The van der Waals surface area contributed by atoms with Crippen molar-refractivity contribution in [3.63, 3.8) is 0 Å². The van der Waals surface area contributed by atoms with Crippen molar-refractivity contribution in [2.24, 2.45) is 5.92 Å². The number of fused-ring (bicyclic) bond motifs is 3. The van der Waals surface area contributed by atoms with E-state index in [9.17, 15) is 9.59 Å². The molecule has 5 rings (SSSR count). The fourth-order valence-electron chi connectivity index (χ4n) is 5.16. The molecule has 0 radical (unpaired) electrons. The van der Waals surface area contributed by atoms with Gasteiger partial charge >= 0.3 is 0 Å². The Kier molecular flexibility index (Phi) is 6.35. The smallest absolute Gasteiger partial charge is 0.291 e. The van der Waals surface area contributed by atoms with Gasteiger partial charge in [-0.05, 0) is 51.4 Å². The van der Waals surface area contributed by atoms with Crippen LogP contribution >= 0.6 is 0 Å². The molecule has 3 aromatic rings. The van der Waals surface area contributed by atoms with Crippen molar-refractivity contribution in [1.82, 2.24) is 19.1 Å². The number of allylic oxidation sites excluding steroid dienone is 2. The summed E-state index contributed by atoms with van der Waals surface area (Å²) in [4.78, 5) is 28.1. The quantitative estimate of drug-likeness (QED) is 0.487. The third-order valence-electron chi connectivity index (χ3n) is 6.88. The third kappa shape index (κ3) is 4.62. The van der Waals surface area contributed by atoms with Crippen LogP contribution in [0.2, 0.25) is 0 Å². The van der Waals surface area contributed by atoms with Crippen molar-refractivity contribution in [2.45, 2.75) is 64.5 Å². The minimum Gasteiger partial charge on any atom is -0.463 e. The number of ether oxygens (including phenoxy) is 1. The second kappa shape index (κ2) is 9.55. The zero-order chi connectivity index (χ0) is 22.8. The van der Waals surface area contributed by atoms with Gasteiger partial charge in [0, 0.05) is 44.8 Å². The fraction of sp³-hybridized carbons (Fsp3) is 0.560. The number of aryl methyl sites for hydroxylation is 2. The number of rotatable bonds is 8. The first-order valence-electron chi connectivity index (χ1n) is 12.1. The van der Waals surface area contributed by atoms with Gasteiger partial charge < -0.3 is 14.1 Å². The molecule has 0 spiro atoms. The summed E-state index contributed by atoms with van der Waals surface area (Å²) in [5.74, 6) is 1.38. The summed E-state index contributed by atoms with van der Waals surface area (Å²) in [6, 6.07) is 3.60. The van der Waals surface area contributed by atoms with Crippen molar-refractivity contribution in [1.29, 1.82) is 0 Å². The zero-order valence-electron chi connectivity index (χ0n) is 19.2. The minimum atomic E-state index is -0.162. The van der Waals surface area contributed by atoms with Gasteiger partial charge in [-0.25, -0.2) is 4.68 Å². The molecule has 33 heavy (non-hydrogen) atoms. The highest BCUT2D eigenvalue weighted by atomic mass is 16.5. The van der Waals surface area contributed by atoms with E-state index in [1.165, 1.54) is 4.68 Å². The normalized spacial score (nSPS) is 20.8. The maximum Gasteiger partial charge on any atom is 0.291 e. The van der Waals surface area contributed by atoms with Crippen LogP contribution in [0.4, 0.5) is 0 Å². The molecular formula is C25H32N4O4. The zero-order valence-corrected chi connectivity index (χ0v) is 19.2. The Hall–Kier alpha value is -2.87. The Morgan fingerprint density at radius 2 is 2.15 bits per heavy atom. The molecule has 4 heterocycles. The van der Waals surface area contributed by atoms with Crippen molar-refractivity contribution < 1.29 is 13.9 Å². The van der Waals surface area contributed by atoms with E-state index in [2.05, 4.69) is 17.3 Å². The number of hydrogen-bond acceptors (Lipinski definition) is 5. The van der Waals surface area contributed by atoms with Crippen LogP contribution in [0.1, 0.15) is 50.8 Å². The van der Waals surface area contributed by atoms with Crippen molar-refractivity contribution in [2.75, 3.05) is 19.7 Å². The molecule has 8 heteroatoms. The van der Waals surface area contributed by atoms with E-state index in [0.717, 1.165) is 56.6 Å². The summed E-state index contributed by atoms with van der Waals surface area (Å²) in [6.07, 6.45) is 12.5. The molecule has 8 nitrogen and oxygen atoms in total. The Morgan fingerprint density at radius 1 is 1.24 bits per heavy atom. The molecular weight excluding hydrogens is 420 g/mol. The average Bonchev–Trinajstić information content (AvgIpc) is 3.55. The van der Waals surface area contributed by atoms with Gasteiger partial charge in [0.05, 0.1) is 17.9 Å². The van der Waals surface area contributed by atoms with E-state index in [1.807, 2.05) is 22.3 Å². The van der Waals surface area contributed by atoms with Crippen LogP contribution in [0.3, 0.4) is 0 Å². The van der Waals surface area contributed by atoms with E-state index in [1.54, 1.807) is 12.3 Å². The van der Waals surface area contributed by atoms with Gasteiger partial charge in [-0.15, -0.1) is 0 Å². The van der Waals surface area contributed by atoms with Crippen LogP contribution in [0.5, 0.6) is 0 Å². The van der Waals surface area contributed by atoms with E-state index in [4.69, 9.17) is 9.15 Å². The number of nitrogens with zero attached hydrogens (tertiary/aromatic N) is 4. The highest BCUT2D eigenvalue weighted by Gasteiger charge is 2.25. The number of aromatic nitrogens is 3. The van der Waals surface area contributed by atoms with Crippen LogP contribution in [0.15, 0.2) is 39.8 Å².